The lowest BCUT2D eigenvalue weighted by atomic mass is 10.0. The predicted molar refractivity (Wildman–Crippen MR) is 71.0 cm³/mol. The fourth-order valence-electron chi connectivity index (χ4n) is 1.52. The molecular weight excluding hydrogens is 280 g/mol. The molecule has 0 radical (unpaired) electrons. The Morgan fingerprint density at radius 2 is 1.94 bits per heavy atom. The topological polar surface area (TPSA) is 56.0 Å². The molecule has 0 bridgehead atoms. The monoisotopic (exact) mass is 290 g/mol. The van der Waals surface area contributed by atoms with E-state index in [4.69, 9.17) is 5.73 Å². The maximum Gasteiger partial charge on any atom is 0.196 e. The molecule has 3 nitrogen and oxygen atoms in total. The van der Waals surface area contributed by atoms with E-state index in [0.717, 1.165) is 10.0 Å². The van der Waals surface area contributed by atoms with Gasteiger partial charge in [-0.25, -0.2) is 4.98 Å². The van der Waals surface area contributed by atoms with Gasteiger partial charge in [-0.05, 0) is 42.8 Å². The summed E-state index contributed by atoms with van der Waals surface area (Å²) in [4.78, 5) is 16.2. The minimum atomic E-state index is -0.105. The highest BCUT2D eigenvalue weighted by atomic mass is 79.9. The average Bonchev–Trinajstić information content (AvgIpc) is 2.32. The van der Waals surface area contributed by atoms with Crippen LogP contribution >= 0.6 is 15.9 Å². The Morgan fingerprint density at radius 3 is 2.59 bits per heavy atom. The molecule has 1 aromatic heterocycles. The summed E-state index contributed by atoms with van der Waals surface area (Å²) in [6.07, 6.45) is 1.65. The van der Waals surface area contributed by atoms with Crippen molar-refractivity contribution in [3.8, 4) is 0 Å². The van der Waals surface area contributed by atoms with E-state index >= 15 is 0 Å². The van der Waals surface area contributed by atoms with Gasteiger partial charge in [-0.2, -0.15) is 0 Å². The van der Waals surface area contributed by atoms with Crippen molar-refractivity contribution >= 4 is 27.5 Å². The van der Waals surface area contributed by atoms with E-state index in [1.165, 1.54) is 0 Å². The third-order valence-corrected chi connectivity index (χ3v) is 2.93. The van der Waals surface area contributed by atoms with E-state index in [2.05, 4.69) is 20.9 Å². The highest BCUT2D eigenvalue weighted by Crippen LogP contribution is 2.18. The van der Waals surface area contributed by atoms with Crippen LogP contribution in [0.1, 0.15) is 21.5 Å². The molecule has 1 heterocycles. The van der Waals surface area contributed by atoms with Crippen molar-refractivity contribution in [1.29, 1.82) is 0 Å². The summed E-state index contributed by atoms with van der Waals surface area (Å²) in [6.45, 7) is 1.88. The number of benzene rings is 1. The summed E-state index contributed by atoms with van der Waals surface area (Å²) in [6, 6.07) is 8.92. The molecule has 0 saturated heterocycles. The van der Waals surface area contributed by atoms with Gasteiger partial charge in [0.2, 0.25) is 0 Å². The van der Waals surface area contributed by atoms with Crippen LogP contribution < -0.4 is 5.73 Å². The number of halogens is 1. The van der Waals surface area contributed by atoms with Gasteiger partial charge in [0.05, 0.1) is 5.56 Å². The van der Waals surface area contributed by atoms with Gasteiger partial charge in [0.15, 0.2) is 5.78 Å². The molecule has 0 aliphatic heterocycles. The third kappa shape index (κ3) is 2.53. The Balaban J connectivity index is 2.43. The lowest BCUT2D eigenvalue weighted by Gasteiger charge is -2.05. The normalized spacial score (nSPS) is 10.2. The molecule has 0 amide bonds. The quantitative estimate of drug-likeness (QED) is 0.865. The van der Waals surface area contributed by atoms with Crippen molar-refractivity contribution < 1.29 is 4.79 Å². The van der Waals surface area contributed by atoms with Crippen molar-refractivity contribution in [3.63, 3.8) is 0 Å². The number of ketones is 1. The molecule has 0 aliphatic rings. The van der Waals surface area contributed by atoms with E-state index in [1.807, 2.05) is 19.1 Å². The number of rotatable bonds is 2. The maximum atomic E-state index is 12.2. The Kier molecular flexibility index (Phi) is 3.24. The van der Waals surface area contributed by atoms with Crippen LogP contribution in [-0.2, 0) is 0 Å². The number of nitrogens with two attached hydrogens (primary N) is 1. The van der Waals surface area contributed by atoms with Crippen LogP contribution in [0.4, 0.5) is 5.82 Å². The van der Waals surface area contributed by atoms with Crippen molar-refractivity contribution in [3.05, 3.63) is 57.7 Å². The van der Waals surface area contributed by atoms with E-state index in [0.29, 0.717) is 11.1 Å². The lowest BCUT2D eigenvalue weighted by molar-refractivity contribution is 0.103. The third-order valence-electron chi connectivity index (χ3n) is 2.41. The van der Waals surface area contributed by atoms with Gasteiger partial charge in [0.1, 0.15) is 5.82 Å². The number of hydrogen-bond donors (Lipinski definition) is 1. The van der Waals surface area contributed by atoms with Gasteiger partial charge >= 0.3 is 0 Å². The Bertz CT molecular complexity index is 564. The van der Waals surface area contributed by atoms with Crippen molar-refractivity contribution in [1.82, 2.24) is 4.98 Å². The molecule has 0 unspecified atom stereocenters. The minimum Gasteiger partial charge on any atom is -0.383 e. The number of nitrogens with zero attached hydrogens (tertiary/aromatic N) is 1. The van der Waals surface area contributed by atoms with Crippen LogP contribution in [0.3, 0.4) is 0 Å². The van der Waals surface area contributed by atoms with Gasteiger partial charge in [-0.1, -0.05) is 15.9 Å². The summed E-state index contributed by atoms with van der Waals surface area (Å²) < 4.78 is 0.935. The van der Waals surface area contributed by atoms with E-state index in [1.54, 1.807) is 24.4 Å². The first-order valence-corrected chi connectivity index (χ1v) is 5.89. The smallest absolute Gasteiger partial charge is 0.196 e. The summed E-state index contributed by atoms with van der Waals surface area (Å²) >= 11 is 3.33. The highest BCUT2D eigenvalue weighted by Gasteiger charge is 2.13. The second-order valence-electron chi connectivity index (χ2n) is 3.78. The minimum absolute atomic E-state index is 0.105. The Hall–Kier alpha value is -1.68. The number of anilines is 1. The first-order chi connectivity index (χ1) is 8.08. The number of carbonyl (C=O) groups excluding carboxylic acids is 1. The SMILES string of the molecule is Cc1cnc(N)c(C(=O)c2ccc(Br)cc2)c1. The lowest BCUT2D eigenvalue weighted by Crippen LogP contribution is -2.07. The zero-order chi connectivity index (χ0) is 12.4. The second kappa shape index (κ2) is 4.67. The molecule has 4 heteroatoms. The predicted octanol–water partition coefficient (Wildman–Crippen LogP) is 2.97. The van der Waals surface area contributed by atoms with Crippen LogP contribution in [0.5, 0.6) is 0 Å². The number of hydrogen-bond acceptors (Lipinski definition) is 3. The highest BCUT2D eigenvalue weighted by molar-refractivity contribution is 9.10. The molecule has 0 spiro atoms. The molecular formula is C13H11BrN2O. The zero-order valence-corrected chi connectivity index (χ0v) is 10.9. The molecule has 86 valence electrons. The Labute approximate surface area is 108 Å². The number of nitrogen functional groups attached to an aromatic ring is 1. The molecule has 1 aromatic carbocycles. The molecule has 17 heavy (non-hydrogen) atoms. The molecule has 0 atom stereocenters. The van der Waals surface area contributed by atoms with Crippen molar-refractivity contribution in [2.75, 3.05) is 5.73 Å². The van der Waals surface area contributed by atoms with E-state index in [-0.39, 0.29) is 11.6 Å². The largest absolute Gasteiger partial charge is 0.383 e. The number of aromatic nitrogens is 1. The van der Waals surface area contributed by atoms with E-state index in [9.17, 15) is 4.79 Å². The molecule has 0 saturated carbocycles. The number of aryl methyl sites for hydroxylation is 1. The summed E-state index contributed by atoms with van der Waals surface area (Å²) in [5.41, 5.74) is 7.69. The summed E-state index contributed by atoms with van der Waals surface area (Å²) in [5, 5.41) is 0. The van der Waals surface area contributed by atoms with Gasteiger partial charge in [-0.15, -0.1) is 0 Å². The fourth-order valence-corrected chi connectivity index (χ4v) is 1.78. The standard InChI is InChI=1S/C13H11BrN2O/c1-8-6-11(13(15)16-7-8)12(17)9-2-4-10(14)5-3-9/h2-7H,1H3,(H2,15,16). The van der Waals surface area contributed by atoms with Crippen LogP contribution in [0, 0.1) is 6.92 Å². The first kappa shape index (κ1) is 11.8. The zero-order valence-electron chi connectivity index (χ0n) is 9.27. The van der Waals surface area contributed by atoms with Gasteiger partial charge in [0.25, 0.3) is 0 Å². The van der Waals surface area contributed by atoms with Gasteiger partial charge in [-0.3, -0.25) is 4.79 Å². The fraction of sp³-hybridized carbons (Fsp3) is 0.0769. The van der Waals surface area contributed by atoms with Gasteiger partial charge in [0, 0.05) is 16.2 Å². The molecule has 0 fully saturated rings. The van der Waals surface area contributed by atoms with Crippen LogP contribution in [0.2, 0.25) is 0 Å². The summed E-state index contributed by atoms with van der Waals surface area (Å²) in [5.74, 6) is 0.162. The molecule has 2 N–H and O–H groups in total. The number of pyridine rings is 1. The van der Waals surface area contributed by atoms with Crippen molar-refractivity contribution in [2.45, 2.75) is 6.92 Å². The summed E-state index contributed by atoms with van der Waals surface area (Å²) in [7, 11) is 0. The number of carbonyl (C=O) groups is 1. The molecule has 2 rings (SSSR count). The second-order valence-corrected chi connectivity index (χ2v) is 4.70. The van der Waals surface area contributed by atoms with E-state index < -0.39 is 0 Å². The first-order valence-electron chi connectivity index (χ1n) is 5.10. The van der Waals surface area contributed by atoms with Crippen LogP contribution in [0.25, 0.3) is 0 Å². The maximum absolute atomic E-state index is 12.2. The average molecular weight is 291 g/mol. The van der Waals surface area contributed by atoms with Crippen molar-refractivity contribution in [2.24, 2.45) is 0 Å². The molecule has 0 aliphatic carbocycles. The van der Waals surface area contributed by atoms with Crippen LogP contribution in [0.15, 0.2) is 41.0 Å². The van der Waals surface area contributed by atoms with Gasteiger partial charge < -0.3 is 5.73 Å². The van der Waals surface area contributed by atoms with Crippen LogP contribution in [-0.4, -0.2) is 10.8 Å². The Morgan fingerprint density at radius 1 is 1.29 bits per heavy atom. The molecule has 2 aromatic rings.